The highest BCUT2D eigenvalue weighted by Gasteiger charge is 2.48. The number of hydrogen-bond donors (Lipinski definition) is 1. The van der Waals surface area contributed by atoms with E-state index in [1.807, 2.05) is 0 Å². The van der Waals surface area contributed by atoms with Gasteiger partial charge in [0.15, 0.2) is 6.10 Å². The lowest BCUT2D eigenvalue weighted by Gasteiger charge is -2.35. The molecule has 1 atom stereocenters. The number of fused-ring (bicyclic) bond motifs is 2. The Morgan fingerprint density at radius 3 is 1.74 bits per heavy atom. The average molecular weight is 799 g/mol. The number of anilines is 2. The van der Waals surface area contributed by atoms with Crippen LogP contribution in [0.5, 0.6) is 11.5 Å². The molecule has 2 aromatic rings. The number of hydrogen-bond acceptors (Lipinski definition) is 10. The van der Waals surface area contributed by atoms with Crippen molar-refractivity contribution in [2.75, 3.05) is 42.6 Å². The smallest absolute Gasteiger partial charge is 0.431 e. The average Bonchev–Trinajstić information content (AvgIpc) is 3.74. The number of guanidine groups is 2. The second-order valence-corrected chi connectivity index (χ2v) is 11.9. The van der Waals surface area contributed by atoms with E-state index >= 15 is 0 Å². The van der Waals surface area contributed by atoms with Gasteiger partial charge in [-0.05, 0) is 26.0 Å². The molecule has 2 amide bonds. The Bertz CT molecular complexity index is 1990. The summed E-state index contributed by atoms with van der Waals surface area (Å²) in [6, 6.07) is 3.49. The fourth-order valence-corrected chi connectivity index (χ4v) is 5.67. The maximum Gasteiger partial charge on any atom is 0.431 e. The van der Waals surface area contributed by atoms with E-state index in [0.717, 1.165) is 34.1 Å². The first-order chi connectivity index (χ1) is 24.7. The maximum absolute atomic E-state index is 14.7. The minimum atomic E-state index is -4.78. The zero-order chi connectivity index (χ0) is 39.2. The Kier molecular flexibility index (Phi) is 10.9. The first kappa shape index (κ1) is 39.1. The summed E-state index contributed by atoms with van der Waals surface area (Å²) < 4.78 is 118. The van der Waals surface area contributed by atoms with Gasteiger partial charge in [0.2, 0.25) is 11.9 Å². The van der Waals surface area contributed by atoms with Gasteiger partial charge in [-0.2, -0.15) is 26.3 Å². The van der Waals surface area contributed by atoms with Crippen LogP contribution >= 0.6 is 23.2 Å². The molecule has 0 aromatic heterocycles. The van der Waals surface area contributed by atoms with E-state index in [-0.39, 0.29) is 60.5 Å². The number of alkyl halides is 6. The monoisotopic (exact) mass is 798 g/mol. The topological polar surface area (TPSA) is 128 Å². The second kappa shape index (κ2) is 14.7. The van der Waals surface area contributed by atoms with Crippen molar-refractivity contribution in [1.82, 2.24) is 9.80 Å². The van der Waals surface area contributed by atoms with Crippen molar-refractivity contribution in [3.8, 4) is 11.5 Å². The number of nitrogens with zero attached hydrogens (tertiary/aromatic N) is 6. The van der Waals surface area contributed by atoms with Crippen LogP contribution in [0, 0.1) is 11.6 Å². The predicted molar refractivity (Wildman–Crippen MR) is 172 cm³/mol. The number of esters is 1. The summed E-state index contributed by atoms with van der Waals surface area (Å²) in [5.74, 6) is -6.27. The van der Waals surface area contributed by atoms with E-state index < -0.39 is 76.4 Å². The highest BCUT2D eigenvalue weighted by molar-refractivity contribution is 6.33. The number of halogens is 10. The van der Waals surface area contributed by atoms with Crippen LogP contribution in [0.1, 0.15) is 13.8 Å². The third-order valence-corrected chi connectivity index (χ3v) is 8.18. The van der Waals surface area contributed by atoms with Crippen molar-refractivity contribution >= 4 is 64.3 Å². The summed E-state index contributed by atoms with van der Waals surface area (Å²) in [5, 5.41) is 9.09. The molecule has 2 aromatic carbocycles. The van der Waals surface area contributed by atoms with Gasteiger partial charge < -0.3 is 24.4 Å². The zero-order valence-electron chi connectivity index (χ0n) is 27.0. The van der Waals surface area contributed by atoms with Crippen LogP contribution in [-0.2, 0) is 19.1 Å². The number of benzene rings is 2. The molecular weight excluding hydrogens is 775 g/mol. The maximum atomic E-state index is 14.7. The molecule has 1 N–H and O–H groups in total. The summed E-state index contributed by atoms with van der Waals surface area (Å²) in [6.07, 6.45) is -9.88. The molecule has 12 nitrogen and oxygen atoms in total. The highest BCUT2D eigenvalue weighted by atomic mass is 35.5. The molecule has 0 spiro atoms. The third-order valence-electron chi connectivity index (χ3n) is 7.58. The van der Waals surface area contributed by atoms with Crippen LogP contribution in [0.15, 0.2) is 57.8 Å². The van der Waals surface area contributed by atoms with E-state index in [9.17, 15) is 54.6 Å². The van der Waals surface area contributed by atoms with Gasteiger partial charge in [-0.3, -0.25) is 19.6 Å². The Morgan fingerprint density at radius 1 is 0.830 bits per heavy atom. The molecular formula is C31H24Cl2F8N6O6. The minimum Gasteiger partial charge on any atom is -0.506 e. The number of phenolic OH excluding ortho intramolecular Hbond substituents is 1. The van der Waals surface area contributed by atoms with Crippen molar-refractivity contribution in [1.29, 1.82) is 0 Å². The van der Waals surface area contributed by atoms with Gasteiger partial charge >= 0.3 is 18.3 Å². The molecule has 0 aliphatic carbocycles. The molecule has 6 rings (SSSR count). The van der Waals surface area contributed by atoms with Gasteiger partial charge in [-0.1, -0.05) is 23.2 Å². The molecule has 53 heavy (non-hydrogen) atoms. The first-order valence-corrected chi connectivity index (χ1v) is 15.9. The SMILES string of the molecule is CCOC(=O)C(C)Oc1cc(N2C(=O)C=C(C(F)(F)F)N3CCN=C32)c(F)cc1Cl.O=C1C=C(C(F)(F)F)N2CCN=C2N1c1cc(O)c(Cl)cc1F. The van der Waals surface area contributed by atoms with Crippen molar-refractivity contribution in [2.45, 2.75) is 32.3 Å². The number of amides is 2. The Balaban J connectivity index is 0.000000211. The fraction of sp³-hybridized carbons (Fsp3) is 0.323. The summed E-state index contributed by atoms with van der Waals surface area (Å²) in [4.78, 5) is 47.1. The van der Waals surface area contributed by atoms with E-state index in [4.69, 9.17) is 32.7 Å². The molecule has 0 fully saturated rings. The van der Waals surface area contributed by atoms with Gasteiger partial charge in [0.1, 0.15) is 34.5 Å². The van der Waals surface area contributed by atoms with Gasteiger partial charge in [0.25, 0.3) is 11.8 Å². The number of phenols is 1. The van der Waals surface area contributed by atoms with Crippen molar-refractivity contribution in [2.24, 2.45) is 9.98 Å². The molecule has 0 radical (unpaired) electrons. The van der Waals surface area contributed by atoms with Crippen LogP contribution in [0.25, 0.3) is 0 Å². The normalized spacial score (nSPS) is 17.7. The zero-order valence-corrected chi connectivity index (χ0v) is 28.5. The number of allylic oxidation sites excluding steroid dienone is 2. The molecule has 4 aliphatic heterocycles. The van der Waals surface area contributed by atoms with Crippen LogP contribution in [0.2, 0.25) is 10.0 Å². The predicted octanol–water partition coefficient (Wildman–Crippen LogP) is 5.92. The Hall–Kier alpha value is -5.11. The molecule has 4 aliphatic rings. The van der Waals surface area contributed by atoms with E-state index in [1.165, 1.54) is 6.92 Å². The third kappa shape index (κ3) is 7.82. The van der Waals surface area contributed by atoms with Crippen LogP contribution in [0.3, 0.4) is 0 Å². The number of aromatic hydroxyl groups is 1. The van der Waals surface area contributed by atoms with E-state index in [1.54, 1.807) is 6.92 Å². The number of rotatable bonds is 6. The van der Waals surface area contributed by atoms with Crippen LogP contribution < -0.4 is 14.5 Å². The van der Waals surface area contributed by atoms with Gasteiger partial charge in [0.05, 0.1) is 41.1 Å². The Labute approximate surface area is 303 Å². The van der Waals surface area contributed by atoms with Crippen molar-refractivity contribution in [3.63, 3.8) is 0 Å². The van der Waals surface area contributed by atoms with E-state index in [0.29, 0.717) is 22.0 Å². The summed E-state index contributed by atoms with van der Waals surface area (Å²) in [7, 11) is 0. The minimum absolute atomic E-state index is 0.00894. The second-order valence-electron chi connectivity index (χ2n) is 11.1. The standard InChI is InChI=1S/C18H16ClF4N3O4.C13H8ClF4N3O2/c1-3-29-16(28)9(2)30-13-7-12(11(20)6-10(13)19)26-15(27)8-14(18(21,22)23)25-5-4-24-17(25)26;14-6-3-7(15)8(4-9(6)22)21-11(23)5-10(13(16,17)18)20-2-1-19-12(20)21/h6-9H,3-5H2,1-2H3;3-5,22H,1-2H2. The number of carbonyl (C=O) groups excluding carboxylic acids is 3. The molecule has 4 heterocycles. The van der Waals surface area contributed by atoms with Gasteiger partial charge in [-0.15, -0.1) is 0 Å². The molecule has 284 valence electrons. The van der Waals surface area contributed by atoms with Crippen molar-refractivity contribution < 1.29 is 64.1 Å². The molecule has 0 saturated heterocycles. The largest absolute Gasteiger partial charge is 0.506 e. The lowest BCUT2D eigenvalue weighted by atomic mass is 10.2. The van der Waals surface area contributed by atoms with Crippen LogP contribution in [-0.4, -0.2) is 95.9 Å². The first-order valence-electron chi connectivity index (χ1n) is 15.1. The highest BCUT2D eigenvalue weighted by Crippen LogP contribution is 2.40. The van der Waals surface area contributed by atoms with Gasteiger partial charge in [-0.25, -0.2) is 23.4 Å². The van der Waals surface area contributed by atoms with E-state index in [2.05, 4.69) is 9.98 Å². The lowest BCUT2D eigenvalue weighted by molar-refractivity contribution is -0.150. The Morgan fingerprint density at radius 2 is 1.28 bits per heavy atom. The molecule has 0 bridgehead atoms. The summed E-state index contributed by atoms with van der Waals surface area (Å²) in [5.41, 5.74) is -3.19. The molecule has 22 heteroatoms. The summed E-state index contributed by atoms with van der Waals surface area (Å²) >= 11 is 11.5. The van der Waals surface area contributed by atoms with Crippen molar-refractivity contribution in [3.05, 3.63) is 69.5 Å². The number of ether oxygens (including phenoxy) is 2. The molecule has 1 unspecified atom stereocenters. The quantitative estimate of drug-likeness (QED) is 0.282. The summed E-state index contributed by atoms with van der Waals surface area (Å²) in [6.45, 7) is 2.89. The number of aliphatic imine (C=N–C) groups is 2. The number of carbonyl (C=O) groups is 3. The molecule has 0 saturated carbocycles. The fourth-order valence-electron chi connectivity index (χ4n) is 5.32. The van der Waals surface area contributed by atoms with Gasteiger partial charge in [0, 0.05) is 37.4 Å². The lowest BCUT2D eigenvalue weighted by Crippen LogP contribution is -2.51. The van der Waals surface area contributed by atoms with Crippen LogP contribution in [0.4, 0.5) is 46.5 Å².